The van der Waals surface area contributed by atoms with Crippen LogP contribution in [0.3, 0.4) is 0 Å². The van der Waals surface area contributed by atoms with Crippen LogP contribution in [0.25, 0.3) is 0 Å². The molecule has 1 saturated heterocycles. The van der Waals surface area contributed by atoms with Gasteiger partial charge in [0.15, 0.2) is 5.82 Å². The zero-order chi connectivity index (χ0) is 14.2. The number of piperazine rings is 1. The van der Waals surface area contributed by atoms with E-state index in [1.54, 1.807) is 0 Å². The molecule has 0 amide bonds. The van der Waals surface area contributed by atoms with E-state index < -0.39 is 5.60 Å². The molecule has 1 aromatic heterocycles. The van der Waals surface area contributed by atoms with E-state index in [9.17, 15) is 5.11 Å². The Morgan fingerprint density at radius 2 is 1.85 bits per heavy atom. The van der Waals surface area contributed by atoms with Gasteiger partial charge in [0.25, 0.3) is 0 Å². The van der Waals surface area contributed by atoms with Crippen LogP contribution in [-0.4, -0.2) is 63.4 Å². The fourth-order valence-corrected chi connectivity index (χ4v) is 2.68. The van der Waals surface area contributed by atoms with E-state index >= 15 is 0 Å². The van der Waals surface area contributed by atoms with Crippen LogP contribution in [0.2, 0.25) is 0 Å². The van der Waals surface area contributed by atoms with Crippen molar-refractivity contribution >= 4 is 0 Å². The fourth-order valence-electron chi connectivity index (χ4n) is 2.68. The molecule has 112 valence electrons. The van der Waals surface area contributed by atoms with E-state index in [0.717, 1.165) is 51.0 Å². The minimum Gasteiger partial charge on any atom is -0.389 e. The Bertz CT molecular complexity index is 442. The van der Waals surface area contributed by atoms with Gasteiger partial charge in [-0.1, -0.05) is 5.16 Å². The molecule has 1 N–H and O–H groups in total. The maximum absolute atomic E-state index is 9.84. The van der Waals surface area contributed by atoms with Gasteiger partial charge in [0, 0.05) is 38.6 Å². The van der Waals surface area contributed by atoms with Crippen molar-refractivity contribution in [3.8, 4) is 0 Å². The number of β-amino-alcohol motifs (C(OH)–C–C–N with tert-alkyl or cyclic N) is 1. The van der Waals surface area contributed by atoms with Gasteiger partial charge in [0.1, 0.15) is 0 Å². The average molecular weight is 280 g/mol. The number of aliphatic hydroxyl groups is 1. The van der Waals surface area contributed by atoms with Gasteiger partial charge in [-0.2, -0.15) is 4.98 Å². The number of rotatable bonds is 5. The maximum Gasteiger partial charge on any atom is 0.229 e. The Balaban J connectivity index is 1.45. The largest absolute Gasteiger partial charge is 0.389 e. The lowest BCUT2D eigenvalue weighted by Crippen LogP contribution is -2.50. The van der Waals surface area contributed by atoms with Gasteiger partial charge in [-0.05, 0) is 26.7 Å². The summed E-state index contributed by atoms with van der Waals surface area (Å²) in [5.41, 5.74) is -0.616. The highest BCUT2D eigenvalue weighted by Crippen LogP contribution is 2.38. The lowest BCUT2D eigenvalue weighted by atomic mass is 10.1. The lowest BCUT2D eigenvalue weighted by molar-refractivity contribution is 0.0162. The summed E-state index contributed by atoms with van der Waals surface area (Å²) < 4.78 is 5.29. The Kier molecular flexibility index (Phi) is 3.79. The van der Waals surface area contributed by atoms with Crippen molar-refractivity contribution in [3.63, 3.8) is 0 Å². The monoisotopic (exact) mass is 280 g/mol. The average Bonchev–Trinajstić information content (AvgIpc) is 3.11. The van der Waals surface area contributed by atoms with Crippen LogP contribution >= 0.6 is 0 Å². The minimum atomic E-state index is -0.616. The molecule has 0 aromatic carbocycles. The number of nitrogens with zero attached hydrogens (tertiary/aromatic N) is 4. The van der Waals surface area contributed by atoms with Crippen molar-refractivity contribution < 1.29 is 9.63 Å². The summed E-state index contributed by atoms with van der Waals surface area (Å²) in [5, 5.41) is 13.9. The first-order valence-electron chi connectivity index (χ1n) is 7.49. The zero-order valence-corrected chi connectivity index (χ0v) is 12.4. The second-order valence-electron chi connectivity index (χ2n) is 6.69. The summed E-state index contributed by atoms with van der Waals surface area (Å²) in [6.45, 7) is 9.17. The SMILES string of the molecule is CC(C)(O)CN1CCN(Cc2noc(C3CC3)n2)CC1. The summed E-state index contributed by atoms with van der Waals surface area (Å²) in [6.07, 6.45) is 2.38. The highest BCUT2D eigenvalue weighted by atomic mass is 16.5. The molecule has 1 aromatic rings. The van der Waals surface area contributed by atoms with Crippen molar-refractivity contribution in [2.75, 3.05) is 32.7 Å². The number of hydrogen-bond acceptors (Lipinski definition) is 6. The zero-order valence-electron chi connectivity index (χ0n) is 12.4. The molecule has 2 aliphatic rings. The normalized spacial score (nSPS) is 22.4. The van der Waals surface area contributed by atoms with Gasteiger partial charge in [-0.15, -0.1) is 0 Å². The van der Waals surface area contributed by atoms with E-state index in [2.05, 4.69) is 19.9 Å². The van der Waals surface area contributed by atoms with Gasteiger partial charge in [-0.3, -0.25) is 9.80 Å². The molecule has 1 aliphatic heterocycles. The second kappa shape index (κ2) is 5.42. The molecule has 6 nitrogen and oxygen atoms in total. The standard InChI is InChI=1S/C14H24N4O2/c1-14(2,19)10-18-7-5-17(6-8-18)9-12-15-13(20-16-12)11-3-4-11/h11,19H,3-10H2,1-2H3. The van der Waals surface area contributed by atoms with Crippen LogP contribution in [0.4, 0.5) is 0 Å². The van der Waals surface area contributed by atoms with Crippen molar-refractivity contribution in [2.45, 2.75) is 44.8 Å². The first-order valence-corrected chi connectivity index (χ1v) is 7.49. The predicted molar refractivity (Wildman–Crippen MR) is 74.3 cm³/mol. The molecule has 0 unspecified atom stereocenters. The van der Waals surface area contributed by atoms with Crippen LogP contribution in [0, 0.1) is 0 Å². The van der Waals surface area contributed by atoms with Crippen molar-refractivity contribution in [1.82, 2.24) is 19.9 Å². The van der Waals surface area contributed by atoms with E-state index in [4.69, 9.17) is 4.52 Å². The van der Waals surface area contributed by atoms with Crippen LogP contribution in [0.5, 0.6) is 0 Å². The van der Waals surface area contributed by atoms with Crippen molar-refractivity contribution in [2.24, 2.45) is 0 Å². The molecular formula is C14H24N4O2. The van der Waals surface area contributed by atoms with Gasteiger partial charge in [-0.25, -0.2) is 0 Å². The molecule has 2 heterocycles. The summed E-state index contributed by atoms with van der Waals surface area (Å²) in [6, 6.07) is 0. The molecular weight excluding hydrogens is 256 g/mol. The van der Waals surface area contributed by atoms with E-state index in [1.807, 2.05) is 13.8 Å². The van der Waals surface area contributed by atoms with E-state index in [1.165, 1.54) is 12.8 Å². The Morgan fingerprint density at radius 1 is 1.20 bits per heavy atom. The Labute approximate surface area is 119 Å². The molecule has 2 fully saturated rings. The summed E-state index contributed by atoms with van der Waals surface area (Å²) >= 11 is 0. The Hall–Kier alpha value is -0.980. The molecule has 0 bridgehead atoms. The van der Waals surface area contributed by atoms with Crippen LogP contribution in [0.15, 0.2) is 4.52 Å². The van der Waals surface area contributed by atoms with Gasteiger partial charge < -0.3 is 9.63 Å². The van der Waals surface area contributed by atoms with E-state index in [0.29, 0.717) is 5.92 Å². The van der Waals surface area contributed by atoms with E-state index in [-0.39, 0.29) is 0 Å². The number of hydrogen-bond donors (Lipinski definition) is 1. The summed E-state index contributed by atoms with van der Waals surface area (Å²) in [5.74, 6) is 2.16. The third-order valence-corrected chi connectivity index (χ3v) is 3.85. The van der Waals surface area contributed by atoms with Crippen LogP contribution in [0.1, 0.15) is 44.3 Å². The molecule has 1 aliphatic carbocycles. The predicted octanol–water partition coefficient (Wildman–Crippen LogP) is 0.835. The van der Waals surface area contributed by atoms with Crippen LogP contribution in [-0.2, 0) is 6.54 Å². The lowest BCUT2D eigenvalue weighted by Gasteiger charge is -2.36. The third kappa shape index (κ3) is 3.77. The maximum atomic E-state index is 9.84. The molecule has 6 heteroatoms. The van der Waals surface area contributed by atoms with Gasteiger partial charge >= 0.3 is 0 Å². The van der Waals surface area contributed by atoms with Crippen molar-refractivity contribution in [1.29, 1.82) is 0 Å². The number of aromatic nitrogens is 2. The molecule has 3 rings (SSSR count). The van der Waals surface area contributed by atoms with Gasteiger partial charge in [0.2, 0.25) is 5.89 Å². The first kappa shape index (κ1) is 14.0. The quantitative estimate of drug-likeness (QED) is 0.862. The summed E-state index contributed by atoms with van der Waals surface area (Å²) in [7, 11) is 0. The smallest absolute Gasteiger partial charge is 0.229 e. The Morgan fingerprint density at radius 3 is 2.45 bits per heavy atom. The highest BCUT2D eigenvalue weighted by molar-refractivity contribution is 5.01. The molecule has 1 saturated carbocycles. The molecule has 20 heavy (non-hydrogen) atoms. The first-order chi connectivity index (χ1) is 9.49. The molecule has 0 spiro atoms. The third-order valence-electron chi connectivity index (χ3n) is 3.85. The molecule has 0 atom stereocenters. The minimum absolute atomic E-state index is 0.528. The topological polar surface area (TPSA) is 65.6 Å². The second-order valence-corrected chi connectivity index (χ2v) is 6.69. The van der Waals surface area contributed by atoms with Crippen molar-refractivity contribution in [3.05, 3.63) is 11.7 Å². The fraction of sp³-hybridized carbons (Fsp3) is 0.857. The molecule has 0 radical (unpaired) electrons. The summed E-state index contributed by atoms with van der Waals surface area (Å²) in [4.78, 5) is 9.13. The van der Waals surface area contributed by atoms with Gasteiger partial charge in [0.05, 0.1) is 12.1 Å². The van der Waals surface area contributed by atoms with Crippen LogP contribution < -0.4 is 0 Å². The highest BCUT2D eigenvalue weighted by Gasteiger charge is 2.30.